The van der Waals surface area contributed by atoms with E-state index < -0.39 is 0 Å². The molecule has 1 saturated carbocycles. The van der Waals surface area contributed by atoms with Crippen LogP contribution in [0.15, 0.2) is 11.0 Å². The first-order valence-electron chi connectivity index (χ1n) is 4.98. The van der Waals surface area contributed by atoms with Gasteiger partial charge in [-0.3, -0.25) is 4.79 Å². The number of nitrogens with two attached hydrogens (primary N) is 1. The molecule has 1 unspecified atom stereocenters. The van der Waals surface area contributed by atoms with E-state index in [0.29, 0.717) is 12.5 Å². The van der Waals surface area contributed by atoms with E-state index >= 15 is 0 Å². The summed E-state index contributed by atoms with van der Waals surface area (Å²) < 4.78 is 0. The van der Waals surface area contributed by atoms with Gasteiger partial charge < -0.3 is 21.0 Å². The number of carbonyl (C=O) groups excluding carboxylic acids is 1. The standard InChI is InChI=1S/C9H14N4O2/c10-6(5-1-2-5)3-11-8(14)7-4-12-9(15)13-7/h4-6H,1-3,10H2,(H,11,14)(H2,12,13,15). The zero-order valence-electron chi connectivity index (χ0n) is 8.25. The molecule has 1 aromatic rings. The second-order valence-electron chi connectivity index (χ2n) is 3.87. The van der Waals surface area contributed by atoms with E-state index in [2.05, 4.69) is 15.3 Å². The van der Waals surface area contributed by atoms with Gasteiger partial charge in [-0.25, -0.2) is 4.79 Å². The van der Waals surface area contributed by atoms with Gasteiger partial charge in [0.2, 0.25) is 0 Å². The Kier molecular flexibility index (Phi) is 2.59. The normalized spacial score (nSPS) is 17.4. The highest BCUT2D eigenvalue weighted by atomic mass is 16.2. The molecule has 1 aliphatic carbocycles. The highest BCUT2D eigenvalue weighted by Crippen LogP contribution is 2.31. The maximum atomic E-state index is 11.4. The summed E-state index contributed by atoms with van der Waals surface area (Å²) in [5.74, 6) is 0.250. The van der Waals surface area contributed by atoms with Gasteiger partial charge in [-0.1, -0.05) is 0 Å². The van der Waals surface area contributed by atoms with Crippen LogP contribution in [0.25, 0.3) is 0 Å². The number of rotatable bonds is 4. The van der Waals surface area contributed by atoms with Crippen molar-refractivity contribution >= 4 is 5.91 Å². The van der Waals surface area contributed by atoms with Gasteiger partial charge in [0, 0.05) is 18.8 Å². The van der Waals surface area contributed by atoms with E-state index in [0.717, 1.165) is 12.8 Å². The number of hydrogen-bond donors (Lipinski definition) is 4. The maximum absolute atomic E-state index is 11.4. The fourth-order valence-corrected chi connectivity index (χ4v) is 1.45. The van der Waals surface area contributed by atoms with Crippen LogP contribution in [0.5, 0.6) is 0 Å². The van der Waals surface area contributed by atoms with Crippen LogP contribution in [-0.4, -0.2) is 28.5 Å². The zero-order valence-corrected chi connectivity index (χ0v) is 8.25. The first-order valence-corrected chi connectivity index (χ1v) is 4.98. The third-order valence-electron chi connectivity index (χ3n) is 2.57. The molecule has 1 amide bonds. The van der Waals surface area contributed by atoms with Crippen molar-refractivity contribution in [2.45, 2.75) is 18.9 Å². The van der Waals surface area contributed by atoms with Crippen molar-refractivity contribution in [1.82, 2.24) is 15.3 Å². The zero-order chi connectivity index (χ0) is 10.8. The minimum absolute atomic E-state index is 0.0274. The Morgan fingerprint density at radius 3 is 2.93 bits per heavy atom. The molecule has 5 N–H and O–H groups in total. The van der Waals surface area contributed by atoms with Gasteiger partial charge in [-0.05, 0) is 18.8 Å². The van der Waals surface area contributed by atoms with Crippen LogP contribution in [0.2, 0.25) is 0 Å². The fourth-order valence-electron chi connectivity index (χ4n) is 1.45. The number of nitrogens with one attached hydrogen (secondary N) is 3. The molecule has 1 atom stereocenters. The molecule has 1 aromatic heterocycles. The lowest BCUT2D eigenvalue weighted by Gasteiger charge is -2.10. The van der Waals surface area contributed by atoms with Crippen molar-refractivity contribution in [3.05, 3.63) is 22.4 Å². The summed E-state index contributed by atoms with van der Waals surface area (Å²) in [5, 5.41) is 2.68. The molecule has 0 aromatic carbocycles. The fraction of sp³-hybridized carbons (Fsp3) is 0.556. The third-order valence-corrected chi connectivity index (χ3v) is 2.57. The number of amides is 1. The first-order chi connectivity index (χ1) is 7.16. The van der Waals surface area contributed by atoms with Gasteiger partial charge in [0.1, 0.15) is 5.69 Å². The lowest BCUT2D eigenvalue weighted by molar-refractivity contribution is 0.0945. The molecule has 15 heavy (non-hydrogen) atoms. The minimum Gasteiger partial charge on any atom is -0.349 e. The van der Waals surface area contributed by atoms with Gasteiger partial charge in [0.25, 0.3) is 5.91 Å². The molecule has 6 heteroatoms. The maximum Gasteiger partial charge on any atom is 0.323 e. The summed E-state index contributed by atoms with van der Waals surface area (Å²) in [7, 11) is 0. The summed E-state index contributed by atoms with van der Waals surface area (Å²) in [5.41, 5.74) is 5.67. The van der Waals surface area contributed by atoms with Crippen LogP contribution in [0.1, 0.15) is 23.3 Å². The number of imidazole rings is 1. The monoisotopic (exact) mass is 210 g/mol. The van der Waals surface area contributed by atoms with Crippen molar-refractivity contribution < 1.29 is 4.79 Å². The minimum atomic E-state index is -0.383. The third kappa shape index (κ3) is 2.47. The predicted octanol–water partition coefficient (Wildman–Crippen LogP) is -0.830. The average Bonchev–Trinajstić information content (AvgIpc) is 2.97. The van der Waals surface area contributed by atoms with Crippen LogP contribution in [0, 0.1) is 5.92 Å². The Balaban J connectivity index is 1.84. The van der Waals surface area contributed by atoms with E-state index in [9.17, 15) is 9.59 Å². The summed E-state index contributed by atoms with van der Waals surface area (Å²) in [6.07, 6.45) is 3.65. The second kappa shape index (κ2) is 3.90. The molecule has 1 aliphatic rings. The number of aromatic amines is 2. The Hall–Kier alpha value is -1.56. The van der Waals surface area contributed by atoms with E-state index in [1.54, 1.807) is 0 Å². The van der Waals surface area contributed by atoms with Crippen LogP contribution in [0.4, 0.5) is 0 Å². The molecule has 2 rings (SSSR count). The Labute approximate surface area is 86.3 Å². The first kappa shape index (κ1) is 9.97. The van der Waals surface area contributed by atoms with E-state index in [-0.39, 0.29) is 23.3 Å². The number of H-pyrrole nitrogens is 2. The van der Waals surface area contributed by atoms with Gasteiger partial charge >= 0.3 is 5.69 Å². The molecule has 6 nitrogen and oxygen atoms in total. The Morgan fingerprint density at radius 2 is 2.40 bits per heavy atom. The number of aromatic nitrogens is 2. The summed E-state index contributed by atoms with van der Waals surface area (Å²) in [6.45, 7) is 0.455. The van der Waals surface area contributed by atoms with Gasteiger partial charge in [0.15, 0.2) is 0 Å². The smallest absolute Gasteiger partial charge is 0.323 e. The quantitative estimate of drug-likeness (QED) is 0.521. The van der Waals surface area contributed by atoms with Crippen LogP contribution in [-0.2, 0) is 0 Å². The molecule has 1 heterocycles. The van der Waals surface area contributed by atoms with Crippen molar-refractivity contribution in [2.24, 2.45) is 11.7 Å². The molecular formula is C9H14N4O2. The molecule has 0 spiro atoms. The largest absolute Gasteiger partial charge is 0.349 e. The van der Waals surface area contributed by atoms with Crippen molar-refractivity contribution in [3.8, 4) is 0 Å². The second-order valence-corrected chi connectivity index (χ2v) is 3.87. The summed E-state index contributed by atoms with van der Waals surface area (Å²) in [6, 6.07) is 0.0274. The molecule has 1 fully saturated rings. The van der Waals surface area contributed by atoms with Crippen molar-refractivity contribution in [1.29, 1.82) is 0 Å². The molecular weight excluding hydrogens is 196 g/mol. The van der Waals surface area contributed by atoms with Crippen LogP contribution in [0.3, 0.4) is 0 Å². The molecule has 0 bridgehead atoms. The number of hydrogen-bond acceptors (Lipinski definition) is 3. The van der Waals surface area contributed by atoms with Crippen LogP contribution >= 0.6 is 0 Å². The summed E-state index contributed by atoms with van der Waals surface area (Å²) in [4.78, 5) is 26.9. The van der Waals surface area contributed by atoms with E-state index in [1.165, 1.54) is 6.20 Å². The molecule has 0 saturated heterocycles. The van der Waals surface area contributed by atoms with Crippen LogP contribution < -0.4 is 16.7 Å². The highest BCUT2D eigenvalue weighted by molar-refractivity contribution is 5.91. The number of carbonyl (C=O) groups is 1. The van der Waals surface area contributed by atoms with Crippen molar-refractivity contribution in [2.75, 3.05) is 6.54 Å². The molecule has 0 radical (unpaired) electrons. The lowest BCUT2D eigenvalue weighted by Crippen LogP contribution is -2.38. The SMILES string of the molecule is NC(CNC(=O)c1c[nH]c(=O)[nH]1)C1CC1. The lowest BCUT2D eigenvalue weighted by atomic mass is 10.2. The summed E-state index contributed by atoms with van der Waals surface area (Å²) >= 11 is 0. The average molecular weight is 210 g/mol. The highest BCUT2D eigenvalue weighted by Gasteiger charge is 2.28. The van der Waals surface area contributed by atoms with E-state index in [4.69, 9.17) is 5.73 Å². The molecule has 0 aliphatic heterocycles. The Bertz CT molecular complexity index is 404. The topological polar surface area (TPSA) is 104 Å². The van der Waals surface area contributed by atoms with E-state index in [1.807, 2.05) is 0 Å². The Morgan fingerprint density at radius 1 is 1.67 bits per heavy atom. The van der Waals surface area contributed by atoms with Gasteiger partial charge in [0.05, 0.1) is 0 Å². The molecule has 82 valence electrons. The predicted molar refractivity (Wildman–Crippen MR) is 54.4 cm³/mol. The van der Waals surface area contributed by atoms with Gasteiger partial charge in [-0.2, -0.15) is 0 Å². The van der Waals surface area contributed by atoms with Gasteiger partial charge in [-0.15, -0.1) is 0 Å². The van der Waals surface area contributed by atoms with Crippen molar-refractivity contribution in [3.63, 3.8) is 0 Å².